The van der Waals surface area contributed by atoms with Gasteiger partial charge in [-0.25, -0.2) is 0 Å². The van der Waals surface area contributed by atoms with Gasteiger partial charge in [0.1, 0.15) is 0 Å². The zero-order chi connectivity index (χ0) is 4.99. The molecule has 0 saturated heterocycles. The SMILES string of the molecule is C[SiH](C)O[Si]=O. The normalized spacial score (nSPS) is 8.50. The Morgan fingerprint density at radius 3 is 2.17 bits per heavy atom. The zero-order valence-electron chi connectivity index (χ0n) is 3.89. The van der Waals surface area contributed by atoms with E-state index in [0.717, 1.165) is 0 Å². The smallest absolute Gasteiger partial charge is 0.578 e. The Hall–Kier alpha value is 0.0338. The van der Waals surface area contributed by atoms with E-state index in [9.17, 15) is 4.46 Å². The molecule has 0 aromatic carbocycles. The van der Waals surface area contributed by atoms with Crippen LogP contribution in [0.2, 0.25) is 13.1 Å². The molecule has 1 radical (unpaired) electrons. The van der Waals surface area contributed by atoms with Gasteiger partial charge in [-0.05, 0) is 13.1 Å². The highest BCUT2D eigenvalue weighted by atomic mass is 28.3. The fourth-order valence-electron chi connectivity index (χ4n) is 0.0962. The predicted molar refractivity (Wildman–Crippen MR) is 26.4 cm³/mol. The molecule has 0 saturated carbocycles. The third-order valence-electron chi connectivity index (χ3n) is 0.284. The predicted octanol–water partition coefficient (Wildman–Crippen LogP) is -0.0489. The summed E-state index contributed by atoms with van der Waals surface area (Å²) in [6.07, 6.45) is 0. The third-order valence-corrected chi connectivity index (χ3v) is 2.55. The second-order valence-electron chi connectivity index (χ2n) is 1.25. The van der Waals surface area contributed by atoms with Gasteiger partial charge in [-0.2, -0.15) is 0 Å². The average molecular weight is 119 g/mol. The van der Waals surface area contributed by atoms with Gasteiger partial charge in [-0.3, -0.25) is 0 Å². The molecule has 0 aromatic rings. The van der Waals surface area contributed by atoms with Crippen molar-refractivity contribution in [3.8, 4) is 0 Å². The van der Waals surface area contributed by atoms with Gasteiger partial charge in [0.05, 0.1) is 0 Å². The van der Waals surface area contributed by atoms with Crippen LogP contribution >= 0.6 is 0 Å². The van der Waals surface area contributed by atoms with Crippen LogP contribution in [0.4, 0.5) is 0 Å². The van der Waals surface area contributed by atoms with Crippen molar-refractivity contribution in [2.75, 3.05) is 0 Å². The molecule has 0 atom stereocenters. The Balaban J connectivity index is 2.81. The summed E-state index contributed by atoms with van der Waals surface area (Å²) >= 11 is 0. The maximum absolute atomic E-state index is 9.58. The summed E-state index contributed by atoms with van der Waals surface area (Å²) < 4.78 is 14.2. The van der Waals surface area contributed by atoms with Crippen LogP contribution in [0.25, 0.3) is 0 Å². The van der Waals surface area contributed by atoms with Gasteiger partial charge in [0.2, 0.25) is 9.04 Å². The lowest BCUT2D eigenvalue weighted by molar-refractivity contribution is 0.490. The molecule has 0 aliphatic carbocycles. The first-order valence-corrected chi connectivity index (χ1v) is 5.40. The Kier molecular flexibility index (Phi) is 3.25. The molecule has 2 nitrogen and oxygen atoms in total. The first kappa shape index (κ1) is 6.03. The summed E-state index contributed by atoms with van der Waals surface area (Å²) in [5.74, 6) is 0. The van der Waals surface area contributed by atoms with Crippen LogP contribution in [0.3, 0.4) is 0 Å². The van der Waals surface area contributed by atoms with E-state index in [-0.39, 0.29) is 0 Å². The van der Waals surface area contributed by atoms with Gasteiger partial charge in [-0.15, -0.1) is 0 Å². The van der Waals surface area contributed by atoms with E-state index in [0.29, 0.717) is 0 Å². The second-order valence-corrected chi connectivity index (χ2v) is 4.46. The highest BCUT2D eigenvalue weighted by Gasteiger charge is 1.89. The molecule has 0 aromatic heterocycles. The first-order chi connectivity index (χ1) is 2.77. The van der Waals surface area contributed by atoms with Gasteiger partial charge in [-0.1, -0.05) is 0 Å². The Morgan fingerprint density at radius 2 is 2.17 bits per heavy atom. The molecule has 0 fully saturated rings. The third kappa shape index (κ3) is 4.03. The molecular weight excluding hydrogens is 112 g/mol. The average Bonchev–Trinajstić information content (AvgIpc) is 1.35. The molecule has 0 unspecified atom stereocenters. The Bertz CT molecular complexity index is 44.8. The number of hydrogen-bond donors (Lipinski definition) is 0. The van der Waals surface area contributed by atoms with Crippen LogP contribution in [0, 0.1) is 0 Å². The number of hydrogen-bond acceptors (Lipinski definition) is 2. The number of rotatable bonds is 2. The minimum Gasteiger partial charge on any atom is -0.578 e. The molecule has 0 rings (SSSR count). The van der Waals surface area contributed by atoms with Crippen molar-refractivity contribution in [3.63, 3.8) is 0 Å². The summed E-state index contributed by atoms with van der Waals surface area (Å²) in [6.45, 7) is 3.95. The summed E-state index contributed by atoms with van der Waals surface area (Å²) in [6, 6.07) is 0. The van der Waals surface area contributed by atoms with Crippen molar-refractivity contribution >= 4 is 18.7 Å². The van der Waals surface area contributed by atoms with Crippen molar-refractivity contribution in [1.29, 1.82) is 0 Å². The Labute approximate surface area is 41.2 Å². The second kappa shape index (κ2) is 3.23. The van der Waals surface area contributed by atoms with Crippen LogP contribution in [0.5, 0.6) is 0 Å². The molecule has 0 aliphatic rings. The largest absolute Gasteiger partial charge is 0.578 e. The van der Waals surface area contributed by atoms with E-state index in [2.05, 4.69) is 4.12 Å². The van der Waals surface area contributed by atoms with E-state index >= 15 is 0 Å². The lowest BCUT2D eigenvalue weighted by Crippen LogP contribution is -2.05. The van der Waals surface area contributed by atoms with Crippen molar-refractivity contribution in [2.45, 2.75) is 13.1 Å². The van der Waals surface area contributed by atoms with Gasteiger partial charge in [0, 0.05) is 0 Å². The maximum atomic E-state index is 9.58. The molecule has 35 valence electrons. The molecule has 4 heteroatoms. The van der Waals surface area contributed by atoms with Gasteiger partial charge in [0.15, 0.2) is 0 Å². The first-order valence-electron chi connectivity index (χ1n) is 1.80. The van der Waals surface area contributed by atoms with E-state index in [1.54, 1.807) is 0 Å². The lowest BCUT2D eigenvalue weighted by Gasteiger charge is -1.94. The highest BCUT2D eigenvalue weighted by molar-refractivity contribution is 6.53. The molecule has 0 heterocycles. The Morgan fingerprint density at radius 1 is 1.67 bits per heavy atom. The summed E-state index contributed by atoms with van der Waals surface area (Å²) in [7, 11) is -1.52. The quantitative estimate of drug-likeness (QED) is 0.476. The van der Waals surface area contributed by atoms with Gasteiger partial charge < -0.3 is 8.58 Å². The lowest BCUT2D eigenvalue weighted by atomic mass is 11.9. The van der Waals surface area contributed by atoms with Crippen LogP contribution in [-0.2, 0) is 8.58 Å². The molecule has 0 bridgehead atoms. The molecule has 0 N–H and O–H groups in total. The fourth-order valence-corrected chi connectivity index (χ4v) is 0.866. The van der Waals surface area contributed by atoms with E-state index in [4.69, 9.17) is 0 Å². The van der Waals surface area contributed by atoms with Crippen LogP contribution in [0.15, 0.2) is 0 Å². The molecular formula is C2H7O2Si2. The van der Waals surface area contributed by atoms with Crippen molar-refractivity contribution in [1.82, 2.24) is 0 Å². The molecule has 0 spiro atoms. The topological polar surface area (TPSA) is 26.3 Å². The fraction of sp³-hybridized carbons (Fsp3) is 1.00. The minimum atomic E-state index is -0.971. The van der Waals surface area contributed by atoms with E-state index in [1.165, 1.54) is 0 Å². The molecule has 6 heavy (non-hydrogen) atoms. The van der Waals surface area contributed by atoms with Gasteiger partial charge in [0.25, 0.3) is 0 Å². The van der Waals surface area contributed by atoms with E-state index < -0.39 is 18.7 Å². The standard InChI is InChI=1S/C2H7O2Si2/c1-6(2)4-5-3/h6H,1-2H3. The summed E-state index contributed by atoms with van der Waals surface area (Å²) in [5.41, 5.74) is 0. The van der Waals surface area contributed by atoms with Crippen molar-refractivity contribution < 1.29 is 8.58 Å². The van der Waals surface area contributed by atoms with E-state index in [1.807, 2.05) is 13.1 Å². The van der Waals surface area contributed by atoms with Crippen molar-refractivity contribution in [3.05, 3.63) is 0 Å². The minimum absolute atomic E-state index is 0.550. The van der Waals surface area contributed by atoms with Crippen LogP contribution in [0.1, 0.15) is 0 Å². The summed E-state index contributed by atoms with van der Waals surface area (Å²) in [5, 5.41) is 0. The van der Waals surface area contributed by atoms with Crippen molar-refractivity contribution in [2.24, 2.45) is 0 Å². The highest BCUT2D eigenvalue weighted by Crippen LogP contribution is 1.73. The monoisotopic (exact) mass is 119 g/mol. The summed E-state index contributed by atoms with van der Waals surface area (Å²) in [4.78, 5) is 0. The van der Waals surface area contributed by atoms with Gasteiger partial charge >= 0.3 is 9.65 Å². The molecule has 0 aliphatic heterocycles. The molecule has 0 amide bonds. The van der Waals surface area contributed by atoms with Crippen LogP contribution in [-0.4, -0.2) is 18.7 Å². The zero-order valence-corrected chi connectivity index (χ0v) is 6.05. The van der Waals surface area contributed by atoms with Crippen LogP contribution < -0.4 is 0 Å². The maximum Gasteiger partial charge on any atom is 0.578 e.